The lowest BCUT2D eigenvalue weighted by Gasteiger charge is -2.29. The second-order valence-corrected chi connectivity index (χ2v) is 9.64. The zero-order valence-corrected chi connectivity index (χ0v) is 20.0. The highest BCUT2D eigenvalue weighted by atomic mass is 19.4. The summed E-state index contributed by atoms with van der Waals surface area (Å²) in [6.45, 7) is 5.57. The topological polar surface area (TPSA) is 91.5 Å². The Hall–Kier alpha value is -3.82. The molecule has 0 saturated carbocycles. The second kappa shape index (κ2) is 9.33. The number of carbonyl (C=O) groups is 2. The number of hydrogen-bond acceptors (Lipinski definition) is 5. The molecule has 190 valence electrons. The number of amides is 1. The van der Waals surface area contributed by atoms with Gasteiger partial charge < -0.3 is 19.9 Å². The predicted octanol–water partition coefficient (Wildman–Crippen LogP) is 5.11. The smallest absolute Gasteiger partial charge is 0.418 e. The van der Waals surface area contributed by atoms with Gasteiger partial charge in [-0.15, -0.1) is 0 Å². The molecular weight excluding hydrogens is 475 g/mol. The number of aromatic nitrogens is 1. The van der Waals surface area contributed by atoms with Gasteiger partial charge >= 0.3 is 12.1 Å². The van der Waals surface area contributed by atoms with Crippen LogP contribution < -0.4 is 15.6 Å². The monoisotopic (exact) mass is 501 g/mol. The fourth-order valence-electron chi connectivity index (χ4n) is 4.27. The van der Waals surface area contributed by atoms with Crippen LogP contribution >= 0.6 is 0 Å². The first kappa shape index (κ1) is 25.3. The van der Waals surface area contributed by atoms with Crippen LogP contribution in [-0.4, -0.2) is 35.0 Å². The summed E-state index contributed by atoms with van der Waals surface area (Å²) in [6.07, 6.45) is -2.54. The highest BCUT2D eigenvalue weighted by molar-refractivity contribution is 6.06. The number of rotatable bonds is 4. The third-order valence-corrected chi connectivity index (χ3v) is 5.85. The molecular formula is C26H26F3N3O4. The van der Waals surface area contributed by atoms with Gasteiger partial charge in [0.2, 0.25) is 5.43 Å². The number of nitrogens with one attached hydrogen (secondary N) is 2. The minimum atomic E-state index is -4.80. The molecule has 1 aliphatic heterocycles. The fourth-order valence-corrected chi connectivity index (χ4v) is 4.27. The van der Waals surface area contributed by atoms with Crippen LogP contribution in [0.3, 0.4) is 0 Å². The minimum Gasteiger partial charge on any atom is -0.458 e. The SMILES string of the molecule is CC(C)(C)OC(=O)[C@@H]1CCCN1c1ccc(NC(=O)c2c[nH]c3ccccc3c2=O)c(C(F)(F)F)c1. The second-order valence-electron chi connectivity index (χ2n) is 9.64. The number of carbonyl (C=O) groups excluding carboxylic acids is 2. The lowest BCUT2D eigenvalue weighted by Crippen LogP contribution is -2.40. The number of hydrogen-bond donors (Lipinski definition) is 2. The third kappa shape index (κ3) is 5.22. The fraction of sp³-hybridized carbons (Fsp3) is 0.346. The number of para-hydroxylation sites is 1. The van der Waals surface area contributed by atoms with Crippen molar-refractivity contribution >= 4 is 34.2 Å². The Kier molecular flexibility index (Phi) is 6.55. The maximum Gasteiger partial charge on any atom is 0.418 e. The van der Waals surface area contributed by atoms with Crippen molar-refractivity contribution in [3.05, 3.63) is 70.0 Å². The van der Waals surface area contributed by atoms with E-state index in [1.165, 1.54) is 18.3 Å². The van der Waals surface area contributed by atoms with E-state index in [9.17, 15) is 27.6 Å². The van der Waals surface area contributed by atoms with Crippen molar-refractivity contribution in [1.29, 1.82) is 0 Å². The molecule has 4 rings (SSSR count). The summed E-state index contributed by atoms with van der Waals surface area (Å²) in [5.41, 5.74) is -2.50. The summed E-state index contributed by atoms with van der Waals surface area (Å²) in [6, 6.07) is 9.27. The largest absolute Gasteiger partial charge is 0.458 e. The molecule has 0 aliphatic carbocycles. The summed E-state index contributed by atoms with van der Waals surface area (Å²) >= 11 is 0. The number of aromatic amines is 1. The molecule has 2 aromatic carbocycles. The highest BCUT2D eigenvalue weighted by Crippen LogP contribution is 2.39. The number of H-pyrrole nitrogens is 1. The van der Waals surface area contributed by atoms with Crippen LogP contribution in [0.1, 0.15) is 49.5 Å². The summed E-state index contributed by atoms with van der Waals surface area (Å²) in [5, 5.41) is 2.48. The molecule has 3 aromatic rings. The number of halogens is 3. The van der Waals surface area contributed by atoms with Gasteiger partial charge in [-0.2, -0.15) is 13.2 Å². The third-order valence-electron chi connectivity index (χ3n) is 5.85. The number of pyridine rings is 1. The van der Waals surface area contributed by atoms with Crippen LogP contribution in [0.25, 0.3) is 10.9 Å². The van der Waals surface area contributed by atoms with Crippen molar-refractivity contribution in [2.45, 2.75) is 51.4 Å². The molecule has 36 heavy (non-hydrogen) atoms. The zero-order valence-electron chi connectivity index (χ0n) is 20.0. The molecule has 0 unspecified atom stereocenters. The Morgan fingerprint density at radius 3 is 2.53 bits per heavy atom. The average molecular weight is 502 g/mol. The van der Waals surface area contributed by atoms with E-state index in [1.807, 2.05) is 0 Å². The lowest BCUT2D eigenvalue weighted by atomic mass is 10.1. The average Bonchev–Trinajstić information content (AvgIpc) is 3.28. The number of anilines is 2. The van der Waals surface area contributed by atoms with Gasteiger partial charge in [-0.3, -0.25) is 9.59 Å². The summed E-state index contributed by atoms with van der Waals surface area (Å²) < 4.78 is 47.5. The Bertz CT molecular complexity index is 1380. The van der Waals surface area contributed by atoms with Crippen LogP contribution in [0.5, 0.6) is 0 Å². The van der Waals surface area contributed by atoms with Gasteiger partial charge in [0.1, 0.15) is 17.2 Å². The van der Waals surface area contributed by atoms with E-state index in [1.54, 1.807) is 43.9 Å². The number of alkyl halides is 3. The number of esters is 1. The van der Waals surface area contributed by atoms with Gasteiger partial charge in [0, 0.05) is 29.3 Å². The van der Waals surface area contributed by atoms with Crippen LogP contribution in [0.15, 0.2) is 53.5 Å². The molecule has 7 nitrogen and oxygen atoms in total. The quantitative estimate of drug-likeness (QED) is 0.485. The van der Waals surface area contributed by atoms with Crippen LogP contribution in [0.4, 0.5) is 24.5 Å². The van der Waals surface area contributed by atoms with Crippen molar-refractivity contribution in [3.63, 3.8) is 0 Å². The van der Waals surface area contributed by atoms with Crippen molar-refractivity contribution < 1.29 is 27.5 Å². The molecule has 1 atom stereocenters. The summed E-state index contributed by atoms with van der Waals surface area (Å²) in [4.78, 5) is 42.6. The van der Waals surface area contributed by atoms with Crippen LogP contribution in [0.2, 0.25) is 0 Å². The van der Waals surface area contributed by atoms with Crippen LogP contribution in [-0.2, 0) is 15.7 Å². The van der Waals surface area contributed by atoms with E-state index < -0.39 is 46.4 Å². The van der Waals surface area contributed by atoms with Gasteiger partial charge in [0.15, 0.2) is 0 Å². The van der Waals surface area contributed by atoms with Gasteiger partial charge in [0.25, 0.3) is 5.91 Å². The molecule has 2 heterocycles. The summed E-state index contributed by atoms with van der Waals surface area (Å²) in [7, 11) is 0. The molecule has 2 N–H and O–H groups in total. The first-order valence-electron chi connectivity index (χ1n) is 11.5. The van der Waals surface area contributed by atoms with Gasteiger partial charge in [-0.25, -0.2) is 4.79 Å². The van der Waals surface area contributed by atoms with E-state index in [4.69, 9.17) is 4.74 Å². The van der Waals surface area contributed by atoms with Crippen molar-refractivity contribution in [2.75, 3.05) is 16.8 Å². The molecule has 0 radical (unpaired) electrons. The van der Waals surface area contributed by atoms with Crippen molar-refractivity contribution in [1.82, 2.24) is 4.98 Å². The molecule has 1 saturated heterocycles. The molecule has 0 bridgehead atoms. The lowest BCUT2D eigenvalue weighted by molar-refractivity contribution is -0.156. The number of nitrogens with zero attached hydrogens (tertiary/aromatic N) is 1. The first-order valence-corrected chi connectivity index (χ1v) is 11.5. The van der Waals surface area contributed by atoms with Gasteiger partial charge in [0.05, 0.1) is 11.3 Å². The Morgan fingerprint density at radius 1 is 1.11 bits per heavy atom. The number of benzene rings is 2. The molecule has 1 aliphatic rings. The van der Waals surface area contributed by atoms with Crippen LogP contribution in [0, 0.1) is 0 Å². The highest BCUT2D eigenvalue weighted by Gasteiger charge is 2.38. The maximum atomic E-state index is 14.0. The number of ether oxygens (including phenoxy) is 1. The number of fused-ring (bicyclic) bond motifs is 1. The van der Waals surface area contributed by atoms with E-state index in [2.05, 4.69) is 10.3 Å². The normalized spacial score (nSPS) is 16.3. The van der Waals surface area contributed by atoms with E-state index in [0.717, 1.165) is 12.1 Å². The minimum absolute atomic E-state index is 0.192. The van der Waals surface area contributed by atoms with E-state index >= 15 is 0 Å². The van der Waals surface area contributed by atoms with Gasteiger partial charge in [-0.1, -0.05) is 12.1 Å². The predicted molar refractivity (Wildman–Crippen MR) is 130 cm³/mol. The molecule has 1 aromatic heterocycles. The maximum absolute atomic E-state index is 14.0. The molecule has 10 heteroatoms. The van der Waals surface area contributed by atoms with Crippen molar-refractivity contribution in [2.24, 2.45) is 0 Å². The van der Waals surface area contributed by atoms with E-state index in [-0.39, 0.29) is 16.6 Å². The molecule has 1 amide bonds. The first-order chi connectivity index (χ1) is 16.8. The Morgan fingerprint density at radius 2 is 1.83 bits per heavy atom. The van der Waals surface area contributed by atoms with Crippen molar-refractivity contribution in [3.8, 4) is 0 Å². The standard InChI is InChI=1S/C26H26F3N3O4/c1-25(2,3)36-24(35)21-9-6-12-32(21)15-10-11-20(18(13-15)26(27,28)29)31-23(34)17-14-30-19-8-5-4-7-16(19)22(17)33/h4-5,7-8,10-11,13-14,21H,6,9,12H2,1-3H3,(H,30,33)(H,31,34)/t21-/m0/s1. The Labute approximate surface area is 205 Å². The van der Waals surface area contributed by atoms with Gasteiger partial charge in [-0.05, 0) is 63.9 Å². The zero-order chi connectivity index (χ0) is 26.3. The molecule has 1 fully saturated rings. The Balaban J connectivity index is 1.65. The molecule has 0 spiro atoms. The summed E-state index contributed by atoms with van der Waals surface area (Å²) in [5.74, 6) is -1.46. The van der Waals surface area contributed by atoms with E-state index in [0.29, 0.717) is 24.9 Å².